The van der Waals surface area contributed by atoms with Gasteiger partial charge in [-0.3, -0.25) is 9.78 Å². The molecular formula is C28H34N2O4. The topological polar surface area (TPSA) is 69.7 Å². The summed E-state index contributed by atoms with van der Waals surface area (Å²) in [6, 6.07) is 18.5. The highest BCUT2D eigenvalue weighted by Gasteiger charge is 2.14. The van der Waals surface area contributed by atoms with E-state index < -0.39 is 0 Å². The largest absolute Gasteiger partial charge is 0.491 e. The summed E-state index contributed by atoms with van der Waals surface area (Å²) in [7, 11) is 0. The lowest BCUT2D eigenvalue weighted by Gasteiger charge is -2.16. The van der Waals surface area contributed by atoms with E-state index in [1.165, 1.54) is 0 Å². The third-order valence-electron chi connectivity index (χ3n) is 4.89. The van der Waals surface area contributed by atoms with Crippen molar-refractivity contribution in [1.29, 1.82) is 0 Å². The maximum Gasteiger partial charge on any atom is 0.257 e. The average molecular weight is 463 g/mol. The monoisotopic (exact) mass is 462 g/mol. The molecule has 0 fully saturated rings. The molecule has 34 heavy (non-hydrogen) atoms. The number of hydrogen-bond donors (Lipinski definition) is 1. The highest BCUT2D eigenvalue weighted by molar-refractivity contribution is 6.05. The number of anilines is 1. The van der Waals surface area contributed by atoms with E-state index >= 15 is 0 Å². The van der Waals surface area contributed by atoms with E-state index in [0.29, 0.717) is 34.9 Å². The second-order valence-electron chi connectivity index (χ2n) is 8.86. The molecule has 0 bridgehead atoms. The quantitative estimate of drug-likeness (QED) is 0.369. The Bertz CT molecular complexity index is 1110. The minimum absolute atomic E-state index is 0.0620. The zero-order valence-electron chi connectivity index (χ0n) is 20.8. The van der Waals surface area contributed by atoms with Crippen LogP contribution in [0.1, 0.15) is 56.4 Å². The predicted molar refractivity (Wildman–Crippen MR) is 135 cm³/mol. The van der Waals surface area contributed by atoms with Crippen LogP contribution in [0.2, 0.25) is 0 Å². The van der Waals surface area contributed by atoms with Crippen molar-refractivity contribution >= 4 is 11.6 Å². The van der Waals surface area contributed by atoms with E-state index in [2.05, 4.69) is 10.3 Å². The summed E-state index contributed by atoms with van der Waals surface area (Å²) in [5, 5.41) is 2.94. The molecule has 180 valence electrons. The standard InChI is InChI=1S/C28H34N2O4/c1-18(2)32-20(5)15-23-13-14-27(21(6)29-23)28(31)30-22-9-7-10-24(16-22)34-26-12-8-11-25(17-26)33-19(3)4/h7-14,16-20H,15H2,1-6H3,(H,30,31). The third-order valence-corrected chi connectivity index (χ3v) is 4.89. The molecule has 2 aromatic carbocycles. The van der Waals surface area contributed by atoms with Crippen molar-refractivity contribution in [2.45, 2.75) is 66.3 Å². The van der Waals surface area contributed by atoms with Gasteiger partial charge in [-0.1, -0.05) is 12.1 Å². The van der Waals surface area contributed by atoms with E-state index in [9.17, 15) is 4.79 Å². The molecule has 0 aliphatic rings. The Labute approximate surface area is 202 Å². The lowest BCUT2D eigenvalue weighted by Crippen LogP contribution is -2.18. The molecule has 1 aromatic heterocycles. The molecule has 1 unspecified atom stereocenters. The summed E-state index contributed by atoms with van der Waals surface area (Å²) >= 11 is 0. The molecular weight excluding hydrogens is 428 g/mol. The van der Waals surface area contributed by atoms with Crippen molar-refractivity contribution in [1.82, 2.24) is 4.98 Å². The van der Waals surface area contributed by atoms with Gasteiger partial charge in [0.15, 0.2) is 0 Å². The first-order chi connectivity index (χ1) is 16.2. The first-order valence-electron chi connectivity index (χ1n) is 11.7. The number of carbonyl (C=O) groups excluding carboxylic acids is 1. The van der Waals surface area contributed by atoms with Crippen LogP contribution < -0.4 is 14.8 Å². The molecule has 1 amide bonds. The molecule has 0 aliphatic carbocycles. The van der Waals surface area contributed by atoms with Crippen molar-refractivity contribution in [2.24, 2.45) is 0 Å². The number of carbonyl (C=O) groups is 1. The Morgan fingerprint density at radius 1 is 0.882 bits per heavy atom. The van der Waals surface area contributed by atoms with Crippen LogP contribution in [0.4, 0.5) is 5.69 Å². The number of pyridine rings is 1. The van der Waals surface area contributed by atoms with Gasteiger partial charge in [-0.05, 0) is 77.9 Å². The fraction of sp³-hybridized carbons (Fsp3) is 0.357. The minimum Gasteiger partial charge on any atom is -0.491 e. The van der Waals surface area contributed by atoms with Crippen molar-refractivity contribution in [2.75, 3.05) is 5.32 Å². The summed E-state index contributed by atoms with van der Waals surface area (Å²) in [6.07, 6.45) is 1.01. The van der Waals surface area contributed by atoms with Gasteiger partial charge in [0.25, 0.3) is 5.91 Å². The van der Waals surface area contributed by atoms with Gasteiger partial charge in [-0.15, -0.1) is 0 Å². The van der Waals surface area contributed by atoms with Gasteiger partial charge < -0.3 is 19.5 Å². The number of nitrogens with one attached hydrogen (secondary N) is 1. The highest BCUT2D eigenvalue weighted by atomic mass is 16.5. The number of hydrogen-bond acceptors (Lipinski definition) is 5. The molecule has 1 N–H and O–H groups in total. The van der Waals surface area contributed by atoms with Crippen molar-refractivity contribution in [3.63, 3.8) is 0 Å². The fourth-order valence-corrected chi connectivity index (χ4v) is 3.63. The van der Waals surface area contributed by atoms with E-state index in [1.807, 2.05) is 96.1 Å². The lowest BCUT2D eigenvalue weighted by molar-refractivity contribution is 0.0190. The van der Waals surface area contributed by atoms with Crippen LogP contribution in [0.3, 0.4) is 0 Å². The van der Waals surface area contributed by atoms with Gasteiger partial charge in [-0.2, -0.15) is 0 Å². The highest BCUT2D eigenvalue weighted by Crippen LogP contribution is 2.27. The smallest absolute Gasteiger partial charge is 0.257 e. The molecule has 0 aliphatic heterocycles. The van der Waals surface area contributed by atoms with Crippen LogP contribution in [0.15, 0.2) is 60.7 Å². The average Bonchev–Trinajstić information content (AvgIpc) is 2.73. The number of aryl methyl sites for hydroxylation is 1. The van der Waals surface area contributed by atoms with E-state index in [1.54, 1.807) is 6.07 Å². The van der Waals surface area contributed by atoms with Gasteiger partial charge >= 0.3 is 0 Å². The number of amides is 1. The number of rotatable bonds is 10. The molecule has 0 radical (unpaired) electrons. The van der Waals surface area contributed by atoms with Gasteiger partial charge in [0.1, 0.15) is 17.2 Å². The SMILES string of the molecule is Cc1nc(CC(C)OC(C)C)ccc1C(=O)Nc1cccc(Oc2cccc(OC(C)C)c2)c1. The Morgan fingerprint density at radius 3 is 2.24 bits per heavy atom. The first kappa shape index (κ1) is 25.2. The molecule has 0 spiro atoms. The van der Waals surface area contributed by atoms with Gasteiger partial charge in [-0.25, -0.2) is 0 Å². The number of nitrogens with zero attached hydrogens (tertiary/aromatic N) is 1. The Kier molecular flexibility index (Phi) is 8.66. The molecule has 0 saturated carbocycles. The van der Waals surface area contributed by atoms with E-state index in [4.69, 9.17) is 14.2 Å². The van der Waals surface area contributed by atoms with Crippen molar-refractivity contribution < 1.29 is 19.0 Å². The van der Waals surface area contributed by atoms with Crippen LogP contribution in [-0.4, -0.2) is 29.2 Å². The Balaban J connectivity index is 1.66. The third kappa shape index (κ3) is 7.59. The summed E-state index contributed by atoms with van der Waals surface area (Å²) in [4.78, 5) is 17.5. The number of benzene rings is 2. The van der Waals surface area contributed by atoms with Crippen LogP contribution in [0.5, 0.6) is 17.2 Å². The second-order valence-corrected chi connectivity index (χ2v) is 8.86. The summed E-state index contributed by atoms with van der Waals surface area (Å²) < 4.78 is 17.5. The fourth-order valence-electron chi connectivity index (χ4n) is 3.63. The van der Waals surface area contributed by atoms with Gasteiger partial charge in [0.05, 0.1) is 29.6 Å². The van der Waals surface area contributed by atoms with Crippen LogP contribution in [-0.2, 0) is 11.2 Å². The zero-order valence-corrected chi connectivity index (χ0v) is 20.8. The maximum atomic E-state index is 12.9. The molecule has 1 heterocycles. The molecule has 6 heteroatoms. The molecule has 1 atom stereocenters. The second kappa shape index (κ2) is 11.7. The minimum atomic E-state index is -0.215. The summed E-state index contributed by atoms with van der Waals surface area (Å²) in [5.74, 6) is 1.80. The van der Waals surface area contributed by atoms with Gasteiger partial charge in [0, 0.05) is 29.9 Å². The maximum absolute atomic E-state index is 12.9. The van der Waals surface area contributed by atoms with Crippen LogP contribution >= 0.6 is 0 Å². The van der Waals surface area contributed by atoms with E-state index in [-0.39, 0.29) is 24.2 Å². The summed E-state index contributed by atoms with van der Waals surface area (Å²) in [5.41, 5.74) is 2.76. The number of aromatic nitrogens is 1. The lowest BCUT2D eigenvalue weighted by atomic mass is 10.1. The van der Waals surface area contributed by atoms with Crippen LogP contribution in [0, 0.1) is 6.92 Å². The predicted octanol–water partition coefficient (Wildman–Crippen LogP) is 6.58. The Morgan fingerprint density at radius 2 is 1.56 bits per heavy atom. The molecule has 3 rings (SSSR count). The first-order valence-corrected chi connectivity index (χ1v) is 11.7. The van der Waals surface area contributed by atoms with Crippen LogP contribution in [0.25, 0.3) is 0 Å². The molecule has 0 saturated heterocycles. The molecule has 6 nitrogen and oxygen atoms in total. The van der Waals surface area contributed by atoms with E-state index in [0.717, 1.165) is 11.4 Å². The normalized spacial score (nSPS) is 12.0. The zero-order chi connectivity index (χ0) is 24.7. The van der Waals surface area contributed by atoms with Gasteiger partial charge in [0.2, 0.25) is 0 Å². The Hall–Kier alpha value is -3.38. The van der Waals surface area contributed by atoms with Crippen molar-refractivity contribution in [3.8, 4) is 17.2 Å². The van der Waals surface area contributed by atoms with Crippen molar-refractivity contribution in [3.05, 3.63) is 77.6 Å². The number of ether oxygens (including phenoxy) is 3. The summed E-state index contributed by atoms with van der Waals surface area (Å²) in [6.45, 7) is 11.9. The molecule has 3 aromatic rings.